The molecule has 3 rings (SSSR count). The highest BCUT2D eigenvalue weighted by atomic mass is 32.2. The summed E-state index contributed by atoms with van der Waals surface area (Å²) in [6.07, 6.45) is 1.36. The standard InChI is InChI=1S/C20H20FN3O6S/c21-14-7-5-13(6-8-14)19(26)22-15-9-10-16-17(12-15)31(29,30)24(20(16)27)11-3-1-2-4-18(25)23-28/h5-10,12,28H,1-4,11H2,(H,22,26)(H,23,25). The SMILES string of the molecule is O=C(CCCCCN1C(=O)c2ccc(NC(=O)c3ccc(F)cc3)cc2S1(=O)=O)NO. The van der Waals surface area contributed by atoms with Gasteiger partial charge in [-0.2, -0.15) is 0 Å². The number of hydrogen-bond donors (Lipinski definition) is 3. The van der Waals surface area contributed by atoms with E-state index in [9.17, 15) is 27.2 Å². The Morgan fingerprint density at radius 2 is 1.74 bits per heavy atom. The number of halogens is 1. The van der Waals surface area contributed by atoms with Gasteiger partial charge in [-0.1, -0.05) is 6.42 Å². The first-order valence-corrected chi connectivity index (χ1v) is 10.9. The van der Waals surface area contributed by atoms with Crippen LogP contribution in [-0.4, -0.2) is 42.2 Å². The maximum Gasteiger partial charge on any atom is 0.269 e. The van der Waals surface area contributed by atoms with Crippen molar-refractivity contribution < 1.29 is 32.4 Å². The van der Waals surface area contributed by atoms with Crippen LogP contribution < -0.4 is 10.8 Å². The van der Waals surface area contributed by atoms with Crippen molar-refractivity contribution >= 4 is 33.4 Å². The molecular formula is C20H20FN3O6S. The minimum Gasteiger partial charge on any atom is -0.322 e. The Labute approximate surface area is 177 Å². The minimum atomic E-state index is -4.07. The third kappa shape index (κ3) is 4.89. The molecule has 0 saturated carbocycles. The van der Waals surface area contributed by atoms with E-state index in [0.717, 1.165) is 16.4 Å². The van der Waals surface area contributed by atoms with Gasteiger partial charge in [-0.15, -0.1) is 0 Å². The molecule has 2 aromatic carbocycles. The van der Waals surface area contributed by atoms with Gasteiger partial charge in [-0.25, -0.2) is 22.6 Å². The monoisotopic (exact) mass is 449 g/mol. The lowest BCUT2D eigenvalue weighted by atomic mass is 10.1. The average Bonchev–Trinajstić information content (AvgIpc) is 2.93. The zero-order valence-corrected chi connectivity index (χ0v) is 17.1. The van der Waals surface area contributed by atoms with Crippen molar-refractivity contribution in [2.45, 2.75) is 30.6 Å². The van der Waals surface area contributed by atoms with Crippen molar-refractivity contribution in [3.05, 3.63) is 59.4 Å². The van der Waals surface area contributed by atoms with Crippen LogP contribution in [0.15, 0.2) is 47.4 Å². The molecule has 0 aliphatic carbocycles. The number of nitrogens with one attached hydrogen (secondary N) is 2. The Balaban J connectivity index is 1.68. The highest BCUT2D eigenvalue weighted by Gasteiger charge is 2.40. The number of sulfonamides is 1. The Morgan fingerprint density at radius 3 is 2.42 bits per heavy atom. The van der Waals surface area contributed by atoms with E-state index < -0.39 is 33.6 Å². The molecule has 0 aromatic heterocycles. The van der Waals surface area contributed by atoms with Crippen molar-refractivity contribution in [1.82, 2.24) is 9.79 Å². The molecule has 3 N–H and O–H groups in total. The van der Waals surface area contributed by atoms with Crippen LogP contribution in [0.1, 0.15) is 46.4 Å². The third-order valence-electron chi connectivity index (χ3n) is 4.76. The summed E-state index contributed by atoms with van der Waals surface area (Å²) in [4.78, 5) is 35.6. The van der Waals surface area contributed by atoms with Crippen molar-refractivity contribution in [2.75, 3.05) is 11.9 Å². The molecule has 1 aliphatic heterocycles. The van der Waals surface area contributed by atoms with Crippen LogP contribution in [0.2, 0.25) is 0 Å². The van der Waals surface area contributed by atoms with Gasteiger partial charge in [0.1, 0.15) is 10.7 Å². The lowest BCUT2D eigenvalue weighted by Gasteiger charge is -2.14. The smallest absolute Gasteiger partial charge is 0.269 e. The Kier molecular flexibility index (Phi) is 6.66. The van der Waals surface area contributed by atoms with Crippen LogP contribution >= 0.6 is 0 Å². The van der Waals surface area contributed by atoms with Gasteiger partial charge >= 0.3 is 0 Å². The van der Waals surface area contributed by atoms with E-state index >= 15 is 0 Å². The van der Waals surface area contributed by atoms with Gasteiger partial charge in [-0.05, 0) is 55.3 Å². The fourth-order valence-electron chi connectivity index (χ4n) is 3.15. The summed E-state index contributed by atoms with van der Waals surface area (Å²) in [5.41, 5.74) is 1.90. The largest absolute Gasteiger partial charge is 0.322 e. The van der Waals surface area contributed by atoms with E-state index in [0.29, 0.717) is 19.3 Å². The number of nitrogens with zero attached hydrogens (tertiary/aromatic N) is 1. The van der Waals surface area contributed by atoms with Crippen LogP contribution in [0.3, 0.4) is 0 Å². The van der Waals surface area contributed by atoms with E-state index in [-0.39, 0.29) is 34.7 Å². The molecule has 9 nitrogen and oxygen atoms in total. The van der Waals surface area contributed by atoms with Gasteiger partial charge in [0.2, 0.25) is 5.91 Å². The zero-order valence-electron chi connectivity index (χ0n) is 16.3. The molecule has 0 atom stereocenters. The number of hydrogen-bond acceptors (Lipinski definition) is 6. The summed E-state index contributed by atoms with van der Waals surface area (Å²) < 4.78 is 39.4. The number of carbonyl (C=O) groups excluding carboxylic acids is 3. The molecule has 0 saturated heterocycles. The molecule has 0 radical (unpaired) electrons. The number of unbranched alkanes of at least 4 members (excludes halogenated alkanes) is 2. The third-order valence-corrected chi connectivity index (χ3v) is 6.58. The molecule has 3 amide bonds. The van der Waals surface area contributed by atoms with Crippen LogP contribution in [0, 0.1) is 5.82 Å². The van der Waals surface area contributed by atoms with Gasteiger partial charge in [-0.3, -0.25) is 19.6 Å². The predicted octanol–water partition coefficient (Wildman–Crippen LogP) is 2.29. The molecule has 31 heavy (non-hydrogen) atoms. The lowest BCUT2D eigenvalue weighted by Crippen LogP contribution is -2.31. The Hall–Kier alpha value is -3.31. The number of fused-ring (bicyclic) bond motifs is 1. The van der Waals surface area contributed by atoms with E-state index in [1.807, 2.05) is 0 Å². The van der Waals surface area contributed by atoms with E-state index in [1.165, 1.54) is 35.8 Å². The minimum absolute atomic E-state index is 0.0134. The summed E-state index contributed by atoms with van der Waals surface area (Å²) in [6.45, 7) is -0.0478. The second-order valence-electron chi connectivity index (χ2n) is 6.90. The summed E-state index contributed by atoms with van der Waals surface area (Å²) in [7, 11) is -4.07. The van der Waals surface area contributed by atoms with Crippen LogP contribution in [-0.2, 0) is 14.8 Å². The van der Waals surface area contributed by atoms with Gasteiger partial charge in [0, 0.05) is 24.2 Å². The quantitative estimate of drug-likeness (QED) is 0.322. The lowest BCUT2D eigenvalue weighted by molar-refractivity contribution is -0.129. The second kappa shape index (κ2) is 9.23. The first-order chi connectivity index (χ1) is 14.7. The highest BCUT2D eigenvalue weighted by Crippen LogP contribution is 2.32. The summed E-state index contributed by atoms with van der Waals surface area (Å²) in [5.74, 6) is -2.23. The molecule has 2 aromatic rings. The maximum atomic E-state index is 13.0. The highest BCUT2D eigenvalue weighted by molar-refractivity contribution is 7.90. The number of amides is 3. The summed E-state index contributed by atoms with van der Waals surface area (Å²) in [6, 6.07) is 8.83. The van der Waals surface area contributed by atoms with Gasteiger partial charge in [0.25, 0.3) is 21.8 Å². The molecule has 1 aliphatic rings. The first kappa shape index (κ1) is 22.4. The second-order valence-corrected chi connectivity index (χ2v) is 8.73. The summed E-state index contributed by atoms with van der Waals surface area (Å²) in [5, 5.41) is 11.0. The van der Waals surface area contributed by atoms with Crippen molar-refractivity contribution in [3.63, 3.8) is 0 Å². The number of anilines is 1. The maximum absolute atomic E-state index is 13.0. The van der Waals surface area contributed by atoms with Crippen LogP contribution in [0.5, 0.6) is 0 Å². The molecule has 164 valence electrons. The molecule has 1 heterocycles. The predicted molar refractivity (Wildman–Crippen MR) is 107 cm³/mol. The van der Waals surface area contributed by atoms with Crippen molar-refractivity contribution in [3.8, 4) is 0 Å². The zero-order chi connectivity index (χ0) is 22.6. The molecule has 0 unspecified atom stereocenters. The summed E-state index contributed by atoms with van der Waals surface area (Å²) >= 11 is 0. The van der Waals surface area contributed by atoms with Crippen LogP contribution in [0.4, 0.5) is 10.1 Å². The van der Waals surface area contributed by atoms with E-state index in [1.54, 1.807) is 0 Å². The topological polar surface area (TPSA) is 133 Å². The Bertz CT molecular complexity index is 1120. The number of rotatable bonds is 8. The van der Waals surface area contributed by atoms with Gasteiger partial charge < -0.3 is 5.32 Å². The van der Waals surface area contributed by atoms with Crippen molar-refractivity contribution in [1.29, 1.82) is 0 Å². The molecule has 0 fully saturated rings. The average molecular weight is 449 g/mol. The fourth-order valence-corrected chi connectivity index (χ4v) is 4.79. The van der Waals surface area contributed by atoms with Crippen molar-refractivity contribution in [2.24, 2.45) is 0 Å². The molecule has 0 spiro atoms. The fraction of sp³-hybridized carbons (Fsp3) is 0.250. The first-order valence-electron chi connectivity index (χ1n) is 9.45. The van der Waals surface area contributed by atoms with Gasteiger partial charge in [0.05, 0.1) is 5.56 Å². The van der Waals surface area contributed by atoms with E-state index in [4.69, 9.17) is 5.21 Å². The Morgan fingerprint density at radius 1 is 1.03 bits per heavy atom. The molecular weight excluding hydrogens is 429 g/mol. The van der Waals surface area contributed by atoms with Crippen LogP contribution in [0.25, 0.3) is 0 Å². The normalized spacial score (nSPS) is 14.3. The number of hydroxylamine groups is 1. The van der Waals surface area contributed by atoms with Gasteiger partial charge in [0.15, 0.2) is 0 Å². The van der Waals surface area contributed by atoms with E-state index in [2.05, 4.69) is 5.32 Å². The number of benzene rings is 2. The molecule has 0 bridgehead atoms. The number of carbonyl (C=O) groups is 3. The molecule has 11 heteroatoms.